The Morgan fingerprint density at radius 2 is 2.08 bits per heavy atom. The molecule has 1 fully saturated rings. The van der Waals surface area contributed by atoms with Gasteiger partial charge in [0.1, 0.15) is 0 Å². The first-order valence-electron chi connectivity index (χ1n) is 3.92. The number of alkyl halides is 1. The number of hydrogen-bond acceptors (Lipinski definition) is 3. The zero-order valence-electron chi connectivity index (χ0n) is 6.88. The van der Waals surface area contributed by atoms with E-state index in [-0.39, 0.29) is 5.92 Å². The average Bonchev–Trinajstić information content (AvgIpc) is 1.98. The van der Waals surface area contributed by atoms with Crippen LogP contribution in [0, 0.1) is 5.92 Å². The van der Waals surface area contributed by atoms with E-state index in [1.165, 1.54) is 0 Å². The second kappa shape index (κ2) is 3.65. The highest BCUT2D eigenvalue weighted by Crippen LogP contribution is 2.28. The maximum Gasteiger partial charge on any atom is 0.348 e. The van der Waals surface area contributed by atoms with E-state index in [4.69, 9.17) is 0 Å². The van der Waals surface area contributed by atoms with Crippen LogP contribution in [-0.4, -0.2) is 25.0 Å². The van der Waals surface area contributed by atoms with E-state index in [9.17, 15) is 14.0 Å². The SMILES string of the molecule is COC(=O)C(F)C(=O)C1CCC1. The lowest BCUT2D eigenvalue weighted by Crippen LogP contribution is -2.35. The van der Waals surface area contributed by atoms with Crippen molar-refractivity contribution in [3.8, 4) is 0 Å². The predicted octanol–water partition coefficient (Wildman–Crippen LogP) is 0.867. The van der Waals surface area contributed by atoms with Crippen molar-refractivity contribution in [2.24, 2.45) is 5.92 Å². The fraction of sp³-hybridized carbons (Fsp3) is 0.750. The molecular weight excluding hydrogens is 163 g/mol. The lowest BCUT2D eigenvalue weighted by atomic mass is 9.81. The Hall–Kier alpha value is -0.930. The van der Waals surface area contributed by atoms with Gasteiger partial charge in [-0.05, 0) is 12.8 Å². The summed E-state index contributed by atoms with van der Waals surface area (Å²) in [6, 6.07) is 0. The van der Waals surface area contributed by atoms with Gasteiger partial charge in [-0.15, -0.1) is 0 Å². The molecule has 68 valence electrons. The van der Waals surface area contributed by atoms with Crippen molar-refractivity contribution in [2.75, 3.05) is 7.11 Å². The van der Waals surface area contributed by atoms with Gasteiger partial charge in [0.25, 0.3) is 6.17 Å². The van der Waals surface area contributed by atoms with Crippen molar-refractivity contribution >= 4 is 11.8 Å². The number of Topliss-reactive ketones (excluding diaryl/α,β-unsaturated/α-hetero) is 1. The summed E-state index contributed by atoms with van der Waals surface area (Å²) in [5, 5.41) is 0. The number of hydrogen-bond donors (Lipinski definition) is 0. The van der Waals surface area contributed by atoms with Gasteiger partial charge in [-0.2, -0.15) is 0 Å². The van der Waals surface area contributed by atoms with Crippen molar-refractivity contribution in [3.05, 3.63) is 0 Å². The fourth-order valence-electron chi connectivity index (χ4n) is 1.12. The summed E-state index contributed by atoms with van der Waals surface area (Å²) < 4.78 is 17.0. The van der Waals surface area contributed by atoms with Gasteiger partial charge < -0.3 is 4.74 Å². The van der Waals surface area contributed by atoms with Gasteiger partial charge in [-0.3, -0.25) is 4.79 Å². The van der Waals surface area contributed by atoms with Gasteiger partial charge in [0, 0.05) is 5.92 Å². The van der Waals surface area contributed by atoms with Crippen molar-refractivity contribution in [3.63, 3.8) is 0 Å². The quantitative estimate of drug-likeness (QED) is 0.471. The van der Waals surface area contributed by atoms with Crippen LogP contribution < -0.4 is 0 Å². The molecule has 1 rings (SSSR count). The highest BCUT2D eigenvalue weighted by molar-refractivity contribution is 6.03. The van der Waals surface area contributed by atoms with Gasteiger partial charge in [-0.25, -0.2) is 9.18 Å². The molecule has 1 atom stereocenters. The van der Waals surface area contributed by atoms with Crippen LogP contribution in [0.4, 0.5) is 4.39 Å². The van der Waals surface area contributed by atoms with E-state index in [2.05, 4.69) is 4.74 Å². The van der Waals surface area contributed by atoms with E-state index in [1.54, 1.807) is 0 Å². The third-order valence-electron chi connectivity index (χ3n) is 2.17. The minimum absolute atomic E-state index is 0.251. The summed E-state index contributed by atoms with van der Waals surface area (Å²) in [6.45, 7) is 0. The number of halogens is 1. The van der Waals surface area contributed by atoms with Crippen molar-refractivity contribution < 1.29 is 18.7 Å². The molecular formula is C8H11FO3. The summed E-state index contributed by atoms with van der Waals surface area (Å²) in [5.74, 6) is -1.95. The van der Waals surface area contributed by atoms with Crippen molar-refractivity contribution in [1.82, 2.24) is 0 Å². The number of ketones is 1. The first-order valence-corrected chi connectivity index (χ1v) is 3.92. The van der Waals surface area contributed by atoms with E-state index < -0.39 is 17.9 Å². The van der Waals surface area contributed by atoms with Crippen LogP contribution in [0.25, 0.3) is 0 Å². The number of methoxy groups -OCH3 is 1. The minimum Gasteiger partial charge on any atom is -0.467 e. The van der Waals surface area contributed by atoms with Gasteiger partial charge in [-0.1, -0.05) is 6.42 Å². The number of carbonyl (C=O) groups is 2. The fourth-order valence-corrected chi connectivity index (χ4v) is 1.12. The topological polar surface area (TPSA) is 43.4 Å². The molecule has 0 aromatic carbocycles. The minimum atomic E-state index is -2.07. The van der Waals surface area contributed by atoms with E-state index in [0.717, 1.165) is 13.5 Å². The molecule has 1 saturated carbocycles. The zero-order valence-corrected chi connectivity index (χ0v) is 6.88. The second-order valence-electron chi connectivity index (χ2n) is 2.92. The monoisotopic (exact) mass is 174 g/mol. The number of carbonyl (C=O) groups excluding carboxylic acids is 2. The van der Waals surface area contributed by atoms with Crippen LogP contribution in [0.3, 0.4) is 0 Å². The lowest BCUT2D eigenvalue weighted by Gasteiger charge is -2.24. The van der Waals surface area contributed by atoms with E-state index >= 15 is 0 Å². The third kappa shape index (κ3) is 1.62. The molecule has 4 heteroatoms. The van der Waals surface area contributed by atoms with E-state index in [1.807, 2.05) is 0 Å². The highest BCUT2D eigenvalue weighted by atomic mass is 19.1. The van der Waals surface area contributed by atoms with Gasteiger partial charge >= 0.3 is 5.97 Å². The Morgan fingerprint density at radius 3 is 2.42 bits per heavy atom. The standard InChI is InChI=1S/C8H11FO3/c1-12-8(11)6(9)7(10)5-3-2-4-5/h5-6H,2-4H2,1H3. The highest BCUT2D eigenvalue weighted by Gasteiger charge is 2.35. The Morgan fingerprint density at radius 1 is 1.50 bits per heavy atom. The maximum atomic E-state index is 12.8. The molecule has 0 aromatic rings. The summed E-state index contributed by atoms with van der Waals surface area (Å²) in [5.41, 5.74) is 0. The second-order valence-corrected chi connectivity index (χ2v) is 2.92. The summed E-state index contributed by atoms with van der Waals surface area (Å²) in [4.78, 5) is 21.6. The molecule has 0 aromatic heterocycles. The Kier molecular flexibility index (Phi) is 2.78. The molecule has 12 heavy (non-hydrogen) atoms. The predicted molar refractivity (Wildman–Crippen MR) is 39.3 cm³/mol. The first-order chi connectivity index (χ1) is 5.66. The molecule has 0 spiro atoms. The smallest absolute Gasteiger partial charge is 0.348 e. The molecule has 0 aliphatic heterocycles. The average molecular weight is 174 g/mol. The zero-order chi connectivity index (χ0) is 9.14. The molecule has 0 amide bonds. The molecule has 0 radical (unpaired) electrons. The van der Waals surface area contributed by atoms with Crippen LogP contribution in [0.2, 0.25) is 0 Å². The van der Waals surface area contributed by atoms with Crippen molar-refractivity contribution in [2.45, 2.75) is 25.4 Å². The maximum absolute atomic E-state index is 12.8. The molecule has 3 nitrogen and oxygen atoms in total. The van der Waals surface area contributed by atoms with Crippen LogP contribution in [0.1, 0.15) is 19.3 Å². The normalized spacial score (nSPS) is 19.5. The van der Waals surface area contributed by atoms with Crippen LogP contribution in [0.15, 0.2) is 0 Å². The molecule has 1 aliphatic rings. The van der Waals surface area contributed by atoms with Crippen LogP contribution in [-0.2, 0) is 14.3 Å². The summed E-state index contributed by atoms with van der Waals surface area (Å²) in [6.07, 6.45) is 0.289. The largest absolute Gasteiger partial charge is 0.467 e. The number of rotatable bonds is 3. The van der Waals surface area contributed by atoms with Gasteiger partial charge in [0.2, 0.25) is 0 Å². The Bertz CT molecular complexity index is 198. The first kappa shape index (κ1) is 9.16. The van der Waals surface area contributed by atoms with Crippen molar-refractivity contribution in [1.29, 1.82) is 0 Å². The molecule has 1 unspecified atom stereocenters. The summed E-state index contributed by atoms with van der Waals surface area (Å²) in [7, 11) is 1.07. The molecule has 0 N–H and O–H groups in total. The molecule has 0 bridgehead atoms. The third-order valence-corrected chi connectivity index (χ3v) is 2.17. The number of esters is 1. The van der Waals surface area contributed by atoms with Crippen LogP contribution in [0.5, 0.6) is 0 Å². The van der Waals surface area contributed by atoms with Gasteiger partial charge in [0.15, 0.2) is 5.78 Å². The number of ether oxygens (including phenoxy) is 1. The van der Waals surface area contributed by atoms with Gasteiger partial charge in [0.05, 0.1) is 7.11 Å². The lowest BCUT2D eigenvalue weighted by molar-refractivity contribution is -0.152. The van der Waals surface area contributed by atoms with Crippen LogP contribution >= 0.6 is 0 Å². The molecule has 0 saturated heterocycles. The Labute approximate surface area is 69.9 Å². The Balaban J connectivity index is 2.45. The molecule has 0 heterocycles. The molecule has 1 aliphatic carbocycles. The summed E-state index contributed by atoms with van der Waals surface area (Å²) >= 11 is 0. The van der Waals surface area contributed by atoms with E-state index in [0.29, 0.717) is 12.8 Å².